The molecule has 104 valence electrons. The largest absolute Gasteiger partial charge is 0.307 e. The number of aryl methyl sites for hydroxylation is 1. The lowest BCUT2D eigenvalue weighted by Gasteiger charge is -2.08. The summed E-state index contributed by atoms with van der Waals surface area (Å²) in [5.74, 6) is 0. The van der Waals surface area contributed by atoms with E-state index in [0.29, 0.717) is 13.1 Å². The molecule has 2 rings (SSSR count). The first-order valence-electron chi connectivity index (χ1n) is 6.12. The second-order valence-corrected chi connectivity index (χ2v) is 5.26. The summed E-state index contributed by atoms with van der Waals surface area (Å²) >= 11 is 3.36. The fourth-order valence-electron chi connectivity index (χ4n) is 1.81. The first kappa shape index (κ1) is 14.6. The van der Waals surface area contributed by atoms with Crippen LogP contribution in [0.25, 0.3) is 0 Å². The Balaban J connectivity index is 1.98. The van der Waals surface area contributed by atoms with Gasteiger partial charge in [0.1, 0.15) is 0 Å². The number of pyridine rings is 1. The molecule has 0 amide bonds. The van der Waals surface area contributed by atoms with Crippen LogP contribution in [0, 0.1) is 17.0 Å². The Hall–Kier alpha value is -1.79. The Morgan fingerprint density at radius 3 is 2.80 bits per heavy atom. The van der Waals surface area contributed by atoms with Gasteiger partial charge in [0.2, 0.25) is 0 Å². The molecule has 0 aliphatic rings. The summed E-state index contributed by atoms with van der Waals surface area (Å²) in [5, 5.41) is 13.9. The normalized spacial score (nSPS) is 10.5. The zero-order chi connectivity index (χ0) is 14.5. The maximum absolute atomic E-state index is 10.7. The van der Waals surface area contributed by atoms with Gasteiger partial charge in [-0.25, -0.2) is 0 Å². The summed E-state index contributed by atoms with van der Waals surface area (Å²) in [7, 11) is 0. The first-order valence-corrected chi connectivity index (χ1v) is 6.91. The van der Waals surface area contributed by atoms with E-state index >= 15 is 0 Å². The number of nitrogens with zero attached hydrogens (tertiary/aromatic N) is 2. The molecule has 0 saturated carbocycles. The number of nitrogens with one attached hydrogen (secondary N) is 1. The minimum absolute atomic E-state index is 0.0844. The number of rotatable bonds is 5. The second kappa shape index (κ2) is 6.58. The van der Waals surface area contributed by atoms with E-state index in [1.165, 1.54) is 12.1 Å². The SMILES string of the molecule is Cc1cccnc1CNCc1ccc([N+](=O)[O-])cc1Br. The highest BCUT2D eigenvalue weighted by atomic mass is 79.9. The van der Waals surface area contributed by atoms with Crippen molar-refractivity contribution in [3.63, 3.8) is 0 Å². The van der Waals surface area contributed by atoms with Crippen molar-refractivity contribution in [3.8, 4) is 0 Å². The molecule has 0 unspecified atom stereocenters. The quantitative estimate of drug-likeness (QED) is 0.672. The Bertz CT molecular complexity index is 632. The maximum Gasteiger partial charge on any atom is 0.270 e. The molecule has 6 heteroatoms. The Labute approximate surface area is 125 Å². The molecule has 2 aromatic rings. The van der Waals surface area contributed by atoms with Crippen LogP contribution in [0.4, 0.5) is 5.69 Å². The third-order valence-electron chi connectivity index (χ3n) is 2.97. The van der Waals surface area contributed by atoms with Crippen molar-refractivity contribution in [1.82, 2.24) is 10.3 Å². The molecule has 0 bridgehead atoms. The van der Waals surface area contributed by atoms with Crippen LogP contribution in [-0.2, 0) is 13.1 Å². The topological polar surface area (TPSA) is 68.1 Å². The third kappa shape index (κ3) is 3.61. The minimum Gasteiger partial charge on any atom is -0.307 e. The molecule has 0 spiro atoms. The van der Waals surface area contributed by atoms with Crippen LogP contribution >= 0.6 is 15.9 Å². The van der Waals surface area contributed by atoms with E-state index in [-0.39, 0.29) is 5.69 Å². The number of hydrogen-bond donors (Lipinski definition) is 1. The van der Waals surface area contributed by atoms with Crippen molar-refractivity contribution in [1.29, 1.82) is 0 Å². The first-order chi connectivity index (χ1) is 9.58. The van der Waals surface area contributed by atoms with Gasteiger partial charge in [-0.05, 0) is 30.2 Å². The molecular formula is C14H14BrN3O2. The molecule has 0 fully saturated rings. The van der Waals surface area contributed by atoms with E-state index in [9.17, 15) is 10.1 Å². The smallest absolute Gasteiger partial charge is 0.270 e. The molecule has 0 radical (unpaired) electrons. The van der Waals surface area contributed by atoms with Crippen molar-refractivity contribution in [2.24, 2.45) is 0 Å². The standard InChI is InChI=1S/C14H14BrN3O2/c1-10-3-2-6-17-14(10)9-16-8-11-4-5-12(18(19)20)7-13(11)15/h2-7,16H,8-9H2,1H3. The molecule has 1 N–H and O–H groups in total. The van der Waals surface area contributed by atoms with Gasteiger partial charge in [0, 0.05) is 35.9 Å². The number of nitro benzene ring substituents is 1. The van der Waals surface area contributed by atoms with Gasteiger partial charge in [-0.15, -0.1) is 0 Å². The fraction of sp³-hybridized carbons (Fsp3) is 0.214. The van der Waals surface area contributed by atoms with Crippen molar-refractivity contribution >= 4 is 21.6 Å². The fourth-order valence-corrected chi connectivity index (χ4v) is 2.32. The summed E-state index contributed by atoms with van der Waals surface area (Å²) in [6, 6.07) is 8.70. The number of non-ortho nitro benzene ring substituents is 1. The van der Waals surface area contributed by atoms with Gasteiger partial charge >= 0.3 is 0 Å². The summed E-state index contributed by atoms with van der Waals surface area (Å²) in [4.78, 5) is 14.6. The molecular weight excluding hydrogens is 322 g/mol. The lowest BCUT2D eigenvalue weighted by atomic mass is 10.2. The van der Waals surface area contributed by atoms with Crippen LogP contribution in [0.1, 0.15) is 16.8 Å². The zero-order valence-corrected chi connectivity index (χ0v) is 12.6. The van der Waals surface area contributed by atoms with Gasteiger partial charge in [0.25, 0.3) is 5.69 Å². The molecule has 0 aliphatic carbocycles. The lowest BCUT2D eigenvalue weighted by molar-refractivity contribution is -0.384. The molecule has 5 nitrogen and oxygen atoms in total. The molecule has 0 saturated heterocycles. The van der Waals surface area contributed by atoms with E-state index in [0.717, 1.165) is 21.3 Å². The third-order valence-corrected chi connectivity index (χ3v) is 3.71. The van der Waals surface area contributed by atoms with Crippen LogP contribution in [0.15, 0.2) is 41.0 Å². The van der Waals surface area contributed by atoms with Gasteiger partial charge in [0.05, 0.1) is 10.6 Å². The van der Waals surface area contributed by atoms with E-state index in [2.05, 4.69) is 26.2 Å². The lowest BCUT2D eigenvalue weighted by Crippen LogP contribution is -2.15. The second-order valence-electron chi connectivity index (χ2n) is 4.40. The summed E-state index contributed by atoms with van der Waals surface area (Å²) in [5.41, 5.74) is 3.21. The number of aromatic nitrogens is 1. The molecule has 1 aromatic heterocycles. The summed E-state index contributed by atoms with van der Waals surface area (Å²) < 4.78 is 0.733. The molecule has 0 aliphatic heterocycles. The maximum atomic E-state index is 10.7. The predicted octanol–water partition coefficient (Wildman–Crippen LogP) is 3.35. The van der Waals surface area contributed by atoms with Crippen molar-refractivity contribution in [2.45, 2.75) is 20.0 Å². The summed E-state index contributed by atoms with van der Waals surface area (Å²) in [6.45, 7) is 3.30. The number of hydrogen-bond acceptors (Lipinski definition) is 4. The van der Waals surface area contributed by atoms with Gasteiger partial charge in [0.15, 0.2) is 0 Å². The van der Waals surface area contributed by atoms with Crippen molar-refractivity contribution < 1.29 is 4.92 Å². The average Bonchev–Trinajstić information content (AvgIpc) is 2.42. The Kier molecular flexibility index (Phi) is 4.81. The predicted molar refractivity (Wildman–Crippen MR) is 80.3 cm³/mol. The highest BCUT2D eigenvalue weighted by molar-refractivity contribution is 9.10. The molecule has 1 aromatic carbocycles. The van der Waals surface area contributed by atoms with Crippen molar-refractivity contribution in [2.75, 3.05) is 0 Å². The van der Waals surface area contributed by atoms with Crippen LogP contribution in [0.2, 0.25) is 0 Å². The number of benzene rings is 1. The van der Waals surface area contributed by atoms with Gasteiger partial charge < -0.3 is 5.32 Å². The zero-order valence-electron chi connectivity index (χ0n) is 11.0. The van der Waals surface area contributed by atoms with Crippen molar-refractivity contribution in [3.05, 3.63) is 67.9 Å². The molecule has 1 heterocycles. The monoisotopic (exact) mass is 335 g/mol. The van der Waals surface area contributed by atoms with E-state index < -0.39 is 4.92 Å². The van der Waals surface area contributed by atoms with E-state index in [1.54, 1.807) is 12.3 Å². The van der Waals surface area contributed by atoms with Crippen LogP contribution < -0.4 is 5.32 Å². The molecule has 0 atom stereocenters. The minimum atomic E-state index is -0.404. The summed E-state index contributed by atoms with van der Waals surface area (Å²) in [6.07, 6.45) is 1.77. The van der Waals surface area contributed by atoms with Gasteiger partial charge in [-0.3, -0.25) is 15.1 Å². The number of nitro groups is 1. The average molecular weight is 336 g/mol. The number of halogens is 1. The molecule has 20 heavy (non-hydrogen) atoms. The van der Waals surface area contributed by atoms with Gasteiger partial charge in [-0.2, -0.15) is 0 Å². The van der Waals surface area contributed by atoms with E-state index in [4.69, 9.17) is 0 Å². The van der Waals surface area contributed by atoms with Crippen LogP contribution in [0.3, 0.4) is 0 Å². The Morgan fingerprint density at radius 2 is 2.15 bits per heavy atom. The van der Waals surface area contributed by atoms with Gasteiger partial charge in [-0.1, -0.05) is 22.0 Å². The van der Waals surface area contributed by atoms with Crippen LogP contribution in [0.5, 0.6) is 0 Å². The van der Waals surface area contributed by atoms with Crippen LogP contribution in [-0.4, -0.2) is 9.91 Å². The Morgan fingerprint density at radius 1 is 1.35 bits per heavy atom. The highest BCUT2D eigenvalue weighted by Crippen LogP contribution is 2.22. The highest BCUT2D eigenvalue weighted by Gasteiger charge is 2.08. The van der Waals surface area contributed by atoms with E-state index in [1.807, 2.05) is 19.1 Å².